The van der Waals surface area contributed by atoms with Gasteiger partial charge in [-0.2, -0.15) is 0 Å². The van der Waals surface area contributed by atoms with Crippen LogP contribution in [0.2, 0.25) is 0 Å². The van der Waals surface area contributed by atoms with E-state index in [-0.39, 0.29) is 0 Å². The fourth-order valence-corrected chi connectivity index (χ4v) is 1.72. The SMILES string of the molecule is CC(C)CCNC(=O)C(=O)N1CCN(C=O)CC1. The summed E-state index contributed by atoms with van der Waals surface area (Å²) >= 11 is 0. The Balaban J connectivity index is 2.31. The average molecular weight is 255 g/mol. The van der Waals surface area contributed by atoms with Crippen LogP contribution in [0.1, 0.15) is 20.3 Å². The molecule has 1 saturated heterocycles. The van der Waals surface area contributed by atoms with Crippen LogP contribution in [-0.4, -0.2) is 60.7 Å². The lowest BCUT2D eigenvalue weighted by molar-refractivity contribution is -0.147. The predicted octanol–water partition coefficient (Wildman–Crippen LogP) is -0.551. The highest BCUT2D eigenvalue weighted by molar-refractivity contribution is 6.35. The summed E-state index contributed by atoms with van der Waals surface area (Å²) in [5.74, 6) is -0.545. The van der Waals surface area contributed by atoms with E-state index in [0.717, 1.165) is 12.8 Å². The zero-order valence-electron chi connectivity index (χ0n) is 11.0. The van der Waals surface area contributed by atoms with Crippen LogP contribution in [0.5, 0.6) is 0 Å². The lowest BCUT2D eigenvalue weighted by atomic mass is 10.1. The number of rotatable bonds is 4. The summed E-state index contributed by atoms with van der Waals surface area (Å²) < 4.78 is 0. The molecule has 0 aromatic rings. The zero-order chi connectivity index (χ0) is 13.5. The van der Waals surface area contributed by atoms with Crippen molar-refractivity contribution < 1.29 is 14.4 Å². The van der Waals surface area contributed by atoms with E-state index in [0.29, 0.717) is 38.6 Å². The maximum Gasteiger partial charge on any atom is 0.312 e. The molecule has 1 aliphatic heterocycles. The van der Waals surface area contributed by atoms with Crippen molar-refractivity contribution in [1.29, 1.82) is 0 Å². The van der Waals surface area contributed by atoms with Crippen LogP contribution in [0.3, 0.4) is 0 Å². The molecule has 0 atom stereocenters. The Bertz CT molecular complexity index is 310. The van der Waals surface area contributed by atoms with Crippen molar-refractivity contribution in [3.63, 3.8) is 0 Å². The molecule has 0 unspecified atom stereocenters. The predicted molar refractivity (Wildman–Crippen MR) is 66.7 cm³/mol. The molecule has 0 saturated carbocycles. The third kappa shape index (κ3) is 4.35. The summed E-state index contributed by atoms with van der Waals surface area (Å²) in [7, 11) is 0. The molecule has 6 nitrogen and oxygen atoms in total. The molecule has 1 fully saturated rings. The van der Waals surface area contributed by atoms with Gasteiger partial charge in [0.2, 0.25) is 6.41 Å². The van der Waals surface area contributed by atoms with Crippen LogP contribution in [0, 0.1) is 5.92 Å². The van der Waals surface area contributed by atoms with Gasteiger partial charge >= 0.3 is 11.8 Å². The summed E-state index contributed by atoms with van der Waals surface area (Å²) in [6.45, 7) is 6.49. The number of amides is 3. The zero-order valence-corrected chi connectivity index (χ0v) is 11.0. The molecule has 1 aliphatic rings. The molecule has 18 heavy (non-hydrogen) atoms. The van der Waals surface area contributed by atoms with Crippen molar-refractivity contribution in [2.75, 3.05) is 32.7 Å². The van der Waals surface area contributed by atoms with Gasteiger partial charge in [-0.05, 0) is 12.3 Å². The molecule has 1 rings (SSSR count). The number of hydrogen-bond donors (Lipinski definition) is 1. The first-order valence-electron chi connectivity index (χ1n) is 6.31. The first-order valence-corrected chi connectivity index (χ1v) is 6.31. The van der Waals surface area contributed by atoms with Crippen LogP contribution in [0.15, 0.2) is 0 Å². The second-order valence-electron chi connectivity index (χ2n) is 4.87. The van der Waals surface area contributed by atoms with E-state index in [1.807, 2.05) is 0 Å². The molecule has 0 aromatic heterocycles. The number of piperazine rings is 1. The van der Waals surface area contributed by atoms with E-state index in [9.17, 15) is 14.4 Å². The molecular formula is C12H21N3O3. The van der Waals surface area contributed by atoms with E-state index in [2.05, 4.69) is 19.2 Å². The molecule has 6 heteroatoms. The summed E-state index contributed by atoms with van der Waals surface area (Å²) in [6, 6.07) is 0. The van der Waals surface area contributed by atoms with Gasteiger partial charge in [-0.25, -0.2) is 0 Å². The van der Waals surface area contributed by atoms with Crippen LogP contribution < -0.4 is 5.32 Å². The largest absolute Gasteiger partial charge is 0.348 e. The van der Waals surface area contributed by atoms with Gasteiger partial charge in [-0.3, -0.25) is 14.4 Å². The first kappa shape index (κ1) is 14.5. The van der Waals surface area contributed by atoms with Gasteiger partial charge in [0.05, 0.1) is 0 Å². The molecule has 0 aromatic carbocycles. The lowest BCUT2D eigenvalue weighted by Crippen LogP contribution is -2.52. The Morgan fingerprint density at radius 1 is 1.22 bits per heavy atom. The lowest BCUT2D eigenvalue weighted by Gasteiger charge is -2.32. The Labute approximate surface area is 107 Å². The standard InChI is InChI=1S/C12H21N3O3/c1-10(2)3-4-13-11(17)12(18)15-7-5-14(9-16)6-8-15/h9-10H,3-8H2,1-2H3,(H,13,17). The number of nitrogens with zero attached hydrogens (tertiary/aromatic N) is 2. The highest BCUT2D eigenvalue weighted by Gasteiger charge is 2.25. The summed E-state index contributed by atoms with van der Waals surface area (Å²) in [4.78, 5) is 37.0. The van der Waals surface area contributed by atoms with Gasteiger partial charge in [0, 0.05) is 32.7 Å². The van der Waals surface area contributed by atoms with Crippen molar-refractivity contribution >= 4 is 18.2 Å². The minimum absolute atomic E-state index is 0.426. The van der Waals surface area contributed by atoms with Gasteiger partial charge in [-0.15, -0.1) is 0 Å². The van der Waals surface area contributed by atoms with Crippen LogP contribution in [0.25, 0.3) is 0 Å². The number of carbonyl (C=O) groups is 3. The van der Waals surface area contributed by atoms with E-state index < -0.39 is 11.8 Å². The first-order chi connectivity index (χ1) is 8.54. The number of hydrogen-bond acceptors (Lipinski definition) is 3. The topological polar surface area (TPSA) is 69.7 Å². The molecular weight excluding hydrogens is 234 g/mol. The van der Waals surface area contributed by atoms with E-state index in [4.69, 9.17) is 0 Å². The van der Waals surface area contributed by atoms with Crippen molar-refractivity contribution in [2.24, 2.45) is 5.92 Å². The van der Waals surface area contributed by atoms with Gasteiger partial charge in [0.1, 0.15) is 0 Å². The fourth-order valence-electron chi connectivity index (χ4n) is 1.72. The summed E-state index contributed by atoms with van der Waals surface area (Å²) in [5.41, 5.74) is 0. The molecule has 0 spiro atoms. The summed E-state index contributed by atoms with van der Waals surface area (Å²) in [6.07, 6.45) is 1.63. The van der Waals surface area contributed by atoms with Crippen molar-refractivity contribution in [3.8, 4) is 0 Å². The second kappa shape index (κ2) is 6.98. The normalized spacial score (nSPS) is 15.7. The van der Waals surface area contributed by atoms with Crippen LogP contribution >= 0.6 is 0 Å². The third-order valence-electron chi connectivity index (χ3n) is 2.95. The van der Waals surface area contributed by atoms with Crippen LogP contribution in [0.4, 0.5) is 0 Å². The Morgan fingerprint density at radius 2 is 1.83 bits per heavy atom. The van der Waals surface area contributed by atoms with Gasteiger partial charge in [0.15, 0.2) is 0 Å². The van der Waals surface area contributed by atoms with Gasteiger partial charge in [0.25, 0.3) is 0 Å². The van der Waals surface area contributed by atoms with Crippen molar-refractivity contribution in [1.82, 2.24) is 15.1 Å². The fraction of sp³-hybridized carbons (Fsp3) is 0.750. The minimum Gasteiger partial charge on any atom is -0.348 e. The molecule has 1 N–H and O–H groups in total. The number of nitrogens with one attached hydrogen (secondary N) is 1. The van der Waals surface area contributed by atoms with Gasteiger partial charge < -0.3 is 15.1 Å². The smallest absolute Gasteiger partial charge is 0.312 e. The molecule has 3 amide bonds. The molecule has 0 aliphatic carbocycles. The monoisotopic (exact) mass is 255 g/mol. The van der Waals surface area contributed by atoms with Crippen molar-refractivity contribution in [2.45, 2.75) is 20.3 Å². The highest BCUT2D eigenvalue weighted by Crippen LogP contribution is 2.00. The summed E-state index contributed by atoms with van der Waals surface area (Å²) in [5, 5.41) is 2.62. The average Bonchev–Trinajstić information content (AvgIpc) is 2.37. The van der Waals surface area contributed by atoms with E-state index in [1.54, 1.807) is 4.90 Å². The highest BCUT2D eigenvalue weighted by atomic mass is 16.2. The van der Waals surface area contributed by atoms with E-state index in [1.165, 1.54) is 4.90 Å². The van der Waals surface area contributed by atoms with Crippen molar-refractivity contribution in [3.05, 3.63) is 0 Å². The Hall–Kier alpha value is -1.59. The molecule has 0 bridgehead atoms. The maximum atomic E-state index is 11.8. The maximum absolute atomic E-state index is 11.8. The van der Waals surface area contributed by atoms with Gasteiger partial charge in [-0.1, -0.05) is 13.8 Å². The quantitative estimate of drug-likeness (QED) is 0.541. The second-order valence-corrected chi connectivity index (χ2v) is 4.87. The van der Waals surface area contributed by atoms with E-state index >= 15 is 0 Å². The third-order valence-corrected chi connectivity index (χ3v) is 2.95. The Morgan fingerprint density at radius 3 is 2.33 bits per heavy atom. The molecule has 102 valence electrons. The molecule has 0 radical (unpaired) electrons. The van der Waals surface area contributed by atoms with Crippen LogP contribution in [-0.2, 0) is 14.4 Å². The minimum atomic E-state index is -0.546. The Kier molecular flexibility index (Phi) is 5.61. The molecule has 1 heterocycles. The number of carbonyl (C=O) groups excluding carboxylic acids is 3.